The number of carbonyl (C=O) groups excluding carboxylic acids is 1. The predicted molar refractivity (Wildman–Crippen MR) is 57.0 cm³/mol. The average molecular weight is 230 g/mol. The molecule has 0 saturated heterocycles. The lowest BCUT2D eigenvalue weighted by molar-refractivity contribution is -0.146. The van der Waals surface area contributed by atoms with Crippen LogP contribution in [0.2, 0.25) is 0 Å². The van der Waals surface area contributed by atoms with Crippen molar-refractivity contribution < 1.29 is 19.8 Å². The Morgan fingerprint density at radius 3 is 2.50 bits per heavy atom. The molecule has 0 bridgehead atoms. The van der Waals surface area contributed by atoms with E-state index >= 15 is 0 Å². The van der Waals surface area contributed by atoms with Crippen LogP contribution < -0.4 is 10.6 Å². The summed E-state index contributed by atoms with van der Waals surface area (Å²) in [5, 5.41) is 22.5. The van der Waals surface area contributed by atoms with E-state index in [0.717, 1.165) is 12.8 Å². The summed E-state index contributed by atoms with van der Waals surface area (Å²) in [5.41, 5.74) is 0.248. The third-order valence-corrected chi connectivity index (χ3v) is 2.77. The molecule has 0 unspecified atom stereocenters. The summed E-state index contributed by atoms with van der Waals surface area (Å²) < 4.78 is 0. The fourth-order valence-corrected chi connectivity index (χ4v) is 1.19. The second-order valence-corrected chi connectivity index (χ2v) is 4.56. The summed E-state index contributed by atoms with van der Waals surface area (Å²) in [6.45, 7) is 2.89. The number of aliphatic hydroxyl groups excluding tert-OH is 1. The van der Waals surface area contributed by atoms with Gasteiger partial charge in [0, 0.05) is 19.5 Å². The van der Waals surface area contributed by atoms with Gasteiger partial charge in [-0.25, -0.2) is 9.59 Å². The molecule has 1 atom stereocenters. The van der Waals surface area contributed by atoms with Gasteiger partial charge in [0.1, 0.15) is 0 Å². The lowest BCUT2D eigenvalue weighted by Gasteiger charge is -2.11. The first-order valence-electron chi connectivity index (χ1n) is 5.35. The first-order chi connectivity index (χ1) is 7.43. The number of carboxylic acids is 1. The molecular formula is C10H18N2O4. The van der Waals surface area contributed by atoms with Gasteiger partial charge in [0.05, 0.1) is 0 Å². The topological polar surface area (TPSA) is 98.7 Å². The Labute approximate surface area is 94.0 Å². The minimum absolute atomic E-state index is 0.0139. The Morgan fingerprint density at radius 2 is 2.00 bits per heavy atom. The van der Waals surface area contributed by atoms with Crippen molar-refractivity contribution in [1.29, 1.82) is 0 Å². The van der Waals surface area contributed by atoms with E-state index in [1.165, 1.54) is 0 Å². The van der Waals surface area contributed by atoms with E-state index in [-0.39, 0.29) is 24.4 Å². The lowest BCUT2D eigenvalue weighted by atomic mass is 10.1. The van der Waals surface area contributed by atoms with Crippen molar-refractivity contribution in [2.24, 2.45) is 5.41 Å². The standard InChI is InChI=1S/C10H18N2O4/c1-10(3-4-10)6-12-9(16)11-5-2-7(13)8(14)15/h7,13H,2-6H2,1H3,(H,14,15)(H2,11,12,16)/t7-/m0/s1. The first-order valence-corrected chi connectivity index (χ1v) is 5.35. The second-order valence-electron chi connectivity index (χ2n) is 4.56. The van der Waals surface area contributed by atoms with Crippen LogP contribution >= 0.6 is 0 Å². The third kappa shape index (κ3) is 4.48. The fourth-order valence-electron chi connectivity index (χ4n) is 1.19. The van der Waals surface area contributed by atoms with E-state index in [1.807, 2.05) is 0 Å². The average Bonchev–Trinajstić information content (AvgIpc) is 2.94. The highest BCUT2D eigenvalue weighted by Crippen LogP contribution is 2.43. The minimum Gasteiger partial charge on any atom is -0.479 e. The van der Waals surface area contributed by atoms with Gasteiger partial charge >= 0.3 is 12.0 Å². The van der Waals surface area contributed by atoms with Gasteiger partial charge in [0.2, 0.25) is 0 Å². The number of hydrogen-bond donors (Lipinski definition) is 4. The Morgan fingerprint density at radius 1 is 1.38 bits per heavy atom. The molecule has 92 valence electrons. The molecule has 1 saturated carbocycles. The maximum absolute atomic E-state index is 11.2. The van der Waals surface area contributed by atoms with Gasteiger partial charge in [-0.05, 0) is 18.3 Å². The van der Waals surface area contributed by atoms with E-state index in [4.69, 9.17) is 10.2 Å². The van der Waals surface area contributed by atoms with Crippen LogP contribution in [0.25, 0.3) is 0 Å². The number of urea groups is 1. The van der Waals surface area contributed by atoms with Crippen LogP contribution in [-0.4, -0.2) is 41.4 Å². The molecule has 1 rings (SSSR count). The monoisotopic (exact) mass is 230 g/mol. The van der Waals surface area contributed by atoms with Crippen molar-refractivity contribution in [3.8, 4) is 0 Å². The molecular weight excluding hydrogens is 212 g/mol. The van der Waals surface area contributed by atoms with Crippen LogP contribution in [0.4, 0.5) is 4.79 Å². The highest BCUT2D eigenvalue weighted by Gasteiger charge is 2.37. The summed E-state index contributed by atoms with van der Waals surface area (Å²) >= 11 is 0. The van der Waals surface area contributed by atoms with Crippen molar-refractivity contribution in [3.05, 3.63) is 0 Å². The first kappa shape index (κ1) is 12.8. The van der Waals surface area contributed by atoms with Crippen molar-refractivity contribution in [1.82, 2.24) is 10.6 Å². The SMILES string of the molecule is CC1(CNC(=O)NCC[C@H](O)C(=O)O)CC1. The van der Waals surface area contributed by atoms with Crippen LogP contribution in [0.3, 0.4) is 0 Å². The molecule has 0 aromatic heterocycles. The predicted octanol–water partition coefficient (Wildman–Crippen LogP) is -0.0787. The van der Waals surface area contributed by atoms with Gasteiger partial charge in [0.25, 0.3) is 0 Å². The maximum atomic E-state index is 11.2. The van der Waals surface area contributed by atoms with E-state index < -0.39 is 12.1 Å². The molecule has 4 N–H and O–H groups in total. The molecule has 0 aromatic rings. The molecule has 1 fully saturated rings. The van der Waals surface area contributed by atoms with Gasteiger partial charge in [-0.3, -0.25) is 0 Å². The summed E-state index contributed by atoms with van der Waals surface area (Å²) in [5.74, 6) is -1.27. The molecule has 0 heterocycles. The van der Waals surface area contributed by atoms with Crippen molar-refractivity contribution in [3.63, 3.8) is 0 Å². The van der Waals surface area contributed by atoms with E-state index in [2.05, 4.69) is 17.6 Å². The van der Waals surface area contributed by atoms with Gasteiger partial charge in [0.15, 0.2) is 6.10 Å². The second kappa shape index (κ2) is 5.16. The van der Waals surface area contributed by atoms with Crippen LogP contribution in [0, 0.1) is 5.41 Å². The molecule has 16 heavy (non-hydrogen) atoms. The molecule has 6 heteroatoms. The molecule has 0 radical (unpaired) electrons. The quantitative estimate of drug-likeness (QED) is 0.513. The van der Waals surface area contributed by atoms with Gasteiger partial charge < -0.3 is 20.8 Å². The minimum atomic E-state index is -1.42. The zero-order chi connectivity index (χ0) is 12.2. The number of amides is 2. The fraction of sp³-hybridized carbons (Fsp3) is 0.800. The number of carboxylic acid groups (broad SMARTS) is 1. The lowest BCUT2D eigenvalue weighted by Crippen LogP contribution is -2.39. The van der Waals surface area contributed by atoms with E-state index in [1.54, 1.807) is 0 Å². The van der Waals surface area contributed by atoms with E-state index in [0.29, 0.717) is 6.54 Å². The van der Waals surface area contributed by atoms with Gasteiger partial charge in [-0.1, -0.05) is 6.92 Å². The summed E-state index contributed by atoms with van der Waals surface area (Å²) in [6, 6.07) is -0.314. The number of carbonyl (C=O) groups is 2. The van der Waals surface area contributed by atoms with Crippen molar-refractivity contribution in [2.45, 2.75) is 32.3 Å². The number of aliphatic hydroxyl groups is 1. The van der Waals surface area contributed by atoms with Crippen LogP contribution in [0.1, 0.15) is 26.2 Å². The number of hydrogen-bond acceptors (Lipinski definition) is 3. The zero-order valence-electron chi connectivity index (χ0n) is 9.32. The Kier molecular flexibility index (Phi) is 4.12. The van der Waals surface area contributed by atoms with Crippen molar-refractivity contribution >= 4 is 12.0 Å². The van der Waals surface area contributed by atoms with Crippen LogP contribution in [-0.2, 0) is 4.79 Å². The Hall–Kier alpha value is -1.30. The number of nitrogens with one attached hydrogen (secondary N) is 2. The summed E-state index contributed by atoms with van der Waals surface area (Å²) in [4.78, 5) is 21.5. The molecule has 0 aliphatic heterocycles. The largest absolute Gasteiger partial charge is 0.479 e. The molecule has 0 spiro atoms. The van der Waals surface area contributed by atoms with Crippen LogP contribution in [0.5, 0.6) is 0 Å². The number of rotatable bonds is 6. The van der Waals surface area contributed by atoms with Gasteiger partial charge in [-0.2, -0.15) is 0 Å². The smallest absolute Gasteiger partial charge is 0.332 e. The Balaban J connectivity index is 2.04. The molecule has 0 aromatic carbocycles. The summed E-state index contributed by atoms with van der Waals surface area (Å²) in [7, 11) is 0. The van der Waals surface area contributed by atoms with Crippen molar-refractivity contribution in [2.75, 3.05) is 13.1 Å². The molecule has 1 aliphatic rings. The molecule has 6 nitrogen and oxygen atoms in total. The van der Waals surface area contributed by atoms with E-state index in [9.17, 15) is 9.59 Å². The number of aliphatic carboxylic acids is 1. The highest BCUT2D eigenvalue weighted by atomic mass is 16.4. The molecule has 2 amide bonds. The highest BCUT2D eigenvalue weighted by molar-refractivity contribution is 5.74. The molecule has 1 aliphatic carbocycles. The Bertz CT molecular complexity index is 276. The normalized spacial score (nSPS) is 18.6. The zero-order valence-corrected chi connectivity index (χ0v) is 9.32. The maximum Gasteiger partial charge on any atom is 0.332 e. The summed E-state index contributed by atoms with van der Waals surface area (Å²) in [6.07, 6.45) is 0.858. The van der Waals surface area contributed by atoms with Gasteiger partial charge in [-0.15, -0.1) is 0 Å². The van der Waals surface area contributed by atoms with Crippen LogP contribution in [0.15, 0.2) is 0 Å². The third-order valence-electron chi connectivity index (χ3n) is 2.77.